The molecule has 5 nitrogen and oxygen atoms in total. The maximum Gasteiger partial charge on any atom is 0.238 e. The Labute approximate surface area is 142 Å². The van der Waals surface area contributed by atoms with Gasteiger partial charge in [-0.05, 0) is 37.9 Å². The predicted molar refractivity (Wildman–Crippen MR) is 92.6 cm³/mol. The lowest BCUT2D eigenvalue weighted by Crippen LogP contribution is -2.45. The highest BCUT2D eigenvalue weighted by Gasteiger charge is 2.22. The van der Waals surface area contributed by atoms with Crippen molar-refractivity contribution in [3.05, 3.63) is 29.3 Å². The molecule has 1 aromatic rings. The van der Waals surface area contributed by atoms with E-state index in [0.29, 0.717) is 16.6 Å². The number of anilines is 1. The van der Waals surface area contributed by atoms with E-state index >= 15 is 0 Å². The van der Waals surface area contributed by atoms with Crippen molar-refractivity contribution in [2.45, 2.75) is 19.8 Å². The second-order valence-electron chi connectivity index (χ2n) is 6.29. The van der Waals surface area contributed by atoms with E-state index in [2.05, 4.69) is 12.2 Å². The van der Waals surface area contributed by atoms with Gasteiger partial charge in [0.15, 0.2) is 0 Å². The number of benzene rings is 1. The van der Waals surface area contributed by atoms with Gasteiger partial charge in [0.1, 0.15) is 0 Å². The lowest BCUT2D eigenvalue weighted by atomic mass is 10.0. The topological polar surface area (TPSA) is 52.7 Å². The average molecular weight is 338 g/mol. The highest BCUT2D eigenvalue weighted by atomic mass is 35.5. The Morgan fingerprint density at radius 2 is 2.09 bits per heavy atom. The van der Waals surface area contributed by atoms with Crippen molar-refractivity contribution in [3.8, 4) is 0 Å². The molecule has 1 aliphatic heterocycles. The van der Waals surface area contributed by atoms with Gasteiger partial charge in [0.2, 0.25) is 11.8 Å². The molecule has 0 saturated carbocycles. The summed E-state index contributed by atoms with van der Waals surface area (Å²) in [5, 5.41) is 3.27. The molecule has 1 heterocycles. The molecule has 1 fully saturated rings. The molecule has 1 saturated heterocycles. The quantitative estimate of drug-likeness (QED) is 0.898. The van der Waals surface area contributed by atoms with Crippen molar-refractivity contribution >= 4 is 29.1 Å². The van der Waals surface area contributed by atoms with Crippen molar-refractivity contribution in [2.75, 3.05) is 38.5 Å². The zero-order valence-electron chi connectivity index (χ0n) is 13.7. The highest BCUT2D eigenvalue weighted by Crippen LogP contribution is 2.20. The van der Waals surface area contributed by atoms with E-state index in [9.17, 15) is 9.59 Å². The fourth-order valence-electron chi connectivity index (χ4n) is 2.80. The first kappa shape index (κ1) is 17.8. The standard InChI is InChI=1S/C17H24ClN3O2/c1-13-6-5-9-21(10-13)17(23)12-20(2)11-16(22)19-15-8-4-3-7-14(15)18/h3-4,7-8,13H,5-6,9-12H2,1-2H3,(H,19,22)/t13-/m1/s1. The number of piperidine rings is 1. The summed E-state index contributed by atoms with van der Waals surface area (Å²) < 4.78 is 0. The number of halogens is 1. The van der Waals surface area contributed by atoms with Crippen LogP contribution in [-0.2, 0) is 9.59 Å². The number of nitrogens with zero attached hydrogens (tertiary/aromatic N) is 2. The summed E-state index contributed by atoms with van der Waals surface area (Å²) in [4.78, 5) is 28.0. The molecule has 1 N–H and O–H groups in total. The van der Waals surface area contributed by atoms with Crippen LogP contribution in [0.5, 0.6) is 0 Å². The number of likely N-dealkylation sites (tertiary alicyclic amines) is 1. The van der Waals surface area contributed by atoms with E-state index < -0.39 is 0 Å². The summed E-state index contributed by atoms with van der Waals surface area (Å²) in [6, 6.07) is 7.09. The van der Waals surface area contributed by atoms with E-state index in [0.717, 1.165) is 19.5 Å². The van der Waals surface area contributed by atoms with E-state index in [1.807, 2.05) is 17.0 Å². The Hall–Kier alpha value is -1.59. The monoisotopic (exact) mass is 337 g/mol. The first-order chi connectivity index (χ1) is 11.0. The third kappa shape index (κ3) is 5.52. The molecule has 1 atom stereocenters. The van der Waals surface area contributed by atoms with Crippen LogP contribution < -0.4 is 5.32 Å². The molecule has 2 amide bonds. The summed E-state index contributed by atoms with van der Waals surface area (Å²) in [5.74, 6) is 0.464. The molecule has 0 bridgehead atoms. The second-order valence-corrected chi connectivity index (χ2v) is 6.69. The van der Waals surface area contributed by atoms with Crippen molar-refractivity contribution in [3.63, 3.8) is 0 Å². The molecule has 0 spiro atoms. The zero-order valence-corrected chi connectivity index (χ0v) is 14.5. The lowest BCUT2D eigenvalue weighted by molar-refractivity contribution is -0.134. The van der Waals surface area contributed by atoms with Crippen LogP contribution >= 0.6 is 11.6 Å². The van der Waals surface area contributed by atoms with Gasteiger partial charge in [-0.25, -0.2) is 0 Å². The summed E-state index contributed by atoms with van der Waals surface area (Å²) in [6.07, 6.45) is 2.24. The second kappa shape index (κ2) is 8.31. The highest BCUT2D eigenvalue weighted by molar-refractivity contribution is 6.33. The van der Waals surface area contributed by atoms with Crippen molar-refractivity contribution < 1.29 is 9.59 Å². The molecular formula is C17H24ClN3O2. The van der Waals surface area contributed by atoms with Gasteiger partial charge in [-0.3, -0.25) is 14.5 Å². The molecule has 0 unspecified atom stereocenters. The largest absolute Gasteiger partial charge is 0.341 e. The third-order valence-corrected chi connectivity index (χ3v) is 4.31. The van der Waals surface area contributed by atoms with Gasteiger partial charge >= 0.3 is 0 Å². The van der Waals surface area contributed by atoms with Gasteiger partial charge in [-0.15, -0.1) is 0 Å². The summed E-state index contributed by atoms with van der Waals surface area (Å²) in [5.41, 5.74) is 0.587. The molecule has 2 rings (SSSR count). The molecule has 126 valence electrons. The summed E-state index contributed by atoms with van der Waals surface area (Å²) >= 11 is 6.02. The Kier molecular flexibility index (Phi) is 6.42. The fraction of sp³-hybridized carbons (Fsp3) is 0.529. The van der Waals surface area contributed by atoms with E-state index in [1.54, 1.807) is 24.1 Å². The van der Waals surface area contributed by atoms with Crippen LogP contribution in [0.4, 0.5) is 5.69 Å². The van der Waals surface area contributed by atoms with Crippen LogP contribution in [0.15, 0.2) is 24.3 Å². The molecule has 0 aromatic heterocycles. The van der Waals surface area contributed by atoms with Gasteiger partial charge in [-0.1, -0.05) is 30.7 Å². The molecule has 0 radical (unpaired) electrons. The number of carbonyl (C=O) groups excluding carboxylic acids is 2. The van der Waals surface area contributed by atoms with Crippen LogP contribution in [0.2, 0.25) is 5.02 Å². The number of para-hydroxylation sites is 1. The van der Waals surface area contributed by atoms with Crippen LogP contribution in [0.3, 0.4) is 0 Å². The fourth-order valence-corrected chi connectivity index (χ4v) is 2.98. The summed E-state index contributed by atoms with van der Waals surface area (Å²) in [7, 11) is 1.78. The van der Waals surface area contributed by atoms with Gasteiger partial charge in [0, 0.05) is 13.1 Å². The average Bonchev–Trinajstić information content (AvgIpc) is 2.49. The van der Waals surface area contributed by atoms with Crippen LogP contribution in [0.25, 0.3) is 0 Å². The molecule has 1 aliphatic rings. The van der Waals surface area contributed by atoms with E-state index in [1.165, 1.54) is 6.42 Å². The number of hydrogen-bond acceptors (Lipinski definition) is 3. The maximum atomic E-state index is 12.3. The Bertz CT molecular complexity index is 565. The summed E-state index contributed by atoms with van der Waals surface area (Å²) in [6.45, 7) is 4.21. The molecule has 0 aliphatic carbocycles. The molecule has 6 heteroatoms. The third-order valence-electron chi connectivity index (χ3n) is 3.98. The smallest absolute Gasteiger partial charge is 0.238 e. The predicted octanol–water partition coefficient (Wildman–Crippen LogP) is 2.47. The van der Waals surface area contributed by atoms with Crippen molar-refractivity contribution in [1.29, 1.82) is 0 Å². The van der Waals surface area contributed by atoms with Gasteiger partial charge < -0.3 is 10.2 Å². The Morgan fingerprint density at radius 1 is 1.35 bits per heavy atom. The van der Waals surface area contributed by atoms with Gasteiger partial charge in [0.25, 0.3) is 0 Å². The van der Waals surface area contributed by atoms with Crippen molar-refractivity contribution in [2.24, 2.45) is 5.92 Å². The normalized spacial score (nSPS) is 18.1. The Balaban J connectivity index is 1.79. The SMILES string of the molecule is C[C@@H]1CCCN(C(=O)CN(C)CC(=O)Nc2ccccc2Cl)C1. The molecule has 23 heavy (non-hydrogen) atoms. The van der Waals surface area contributed by atoms with Crippen LogP contribution in [-0.4, -0.2) is 54.8 Å². The molecular weight excluding hydrogens is 314 g/mol. The first-order valence-electron chi connectivity index (χ1n) is 7.96. The van der Waals surface area contributed by atoms with Crippen LogP contribution in [0.1, 0.15) is 19.8 Å². The number of likely N-dealkylation sites (N-methyl/N-ethyl adjacent to an activating group) is 1. The minimum atomic E-state index is -0.180. The number of nitrogens with one attached hydrogen (secondary N) is 1. The van der Waals surface area contributed by atoms with Gasteiger partial charge in [-0.2, -0.15) is 0 Å². The zero-order chi connectivity index (χ0) is 16.8. The van der Waals surface area contributed by atoms with Crippen LogP contribution in [0, 0.1) is 5.92 Å². The number of hydrogen-bond donors (Lipinski definition) is 1. The number of amides is 2. The first-order valence-corrected chi connectivity index (χ1v) is 8.34. The van der Waals surface area contributed by atoms with Crippen molar-refractivity contribution in [1.82, 2.24) is 9.80 Å². The maximum absolute atomic E-state index is 12.3. The van der Waals surface area contributed by atoms with Gasteiger partial charge in [0.05, 0.1) is 23.8 Å². The number of carbonyl (C=O) groups is 2. The number of rotatable bonds is 5. The Morgan fingerprint density at radius 3 is 2.78 bits per heavy atom. The minimum Gasteiger partial charge on any atom is -0.341 e. The van der Waals surface area contributed by atoms with E-state index in [4.69, 9.17) is 11.6 Å². The lowest BCUT2D eigenvalue weighted by Gasteiger charge is -2.32. The van der Waals surface area contributed by atoms with E-state index in [-0.39, 0.29) is 24.9 Å². The molecule has 1 aromatic carbocycles. The minimum absolute atomic E-state index is 0.0876.